The van der Waals surface area contributed by atoms with Crippen molar-refractivity contribution in [3.63, 3.8) is 0 Å². The molecular formula is C10H10ClN3O2S. The van der Waals surface area contributed by atoms with Gasteiger partial charge in [-0.25, -0.2) is 13.1 Å². The van der Waals surface area contributed by atoms with Gasteiger partial charge in [-0.15, -0.1) is 0 Å². The van der Waals surface area contributed by atoms with Crippen LogP contribution in [-0.2, 0) is 10.0 Å². The molecule has 2 rings (SSSR count). The zero-order valence-electron chi connectivity index (χ0n) is 8.77. The lowest BCUT2D eigenvalue weighted by Gasteiger charge is -2.27. The van der Waals surface area contributed by atoms with Gasteiger partial charge >= 0.3 is 0 Å². The highest BCUT2D eigenvalue weighted by molar-refractivity contribution is 7.89. The molecule has 1 aromatic rings. The fourth-order valence-electron chi connectivity index (χ4n) is 1.43. The minimum Gasteiger partial charge on any atom is -0.313 e. The molecule has 0 atom stereocenters. The summed E-state index contributed by atoms with van der Waals surface area (Å²) < 4.78 is 26.5. The average molecular weight is 272 g/mol. The number of sulfonamides is 1. The number of nitriles is 1. The maximum absolute atomic E-state index is 12.0. The zero-order chi connectivity index (χ0) is 12.5. The van der Waals surface area contributed by atoms with Crippen LogP contribution in [0.2, 0.25) is 5.02 Å². The molecule has 0 saturated carbocycles. The Balaban J connectivity index is 2.34. The van der Waals surface area contributed by atoms with Crippen LogP contribution in [0.25, 0.3) is 0 Å². The Labute approximate surface area is 104 Å². The SMILES string of the molecule is N#Cc1ccc(Cl)c(S(=O)(=O)NC2CNC2)c1. The molecular weight excluding hydrogens is 262 g/mol. The van der Waals surface area contributed by atoms with E-state index in [2.05, 4.69) is 10.0 Å². The van der Waals surface area contributed by atoms with E-state index in [1.807, 2.05) is 6.07 Å². The highest BCUT2D eigenvalue weighted by atomic mass is 35.5. The van der Waals surface area contributed by atoms with Crippen LogP contribution in [0.1, 0.15) is 5.56 Å². The van der Waals surface area contributed by atoms with Gasteiger partial charge in [-0.1, -0.05) is 11.6 Å². The van der Waals surface area contributed by atoms with E-state index in [4.69, 9.17) is 16.9 Å². The first-order chi connectivity index (χ1) is 8.03. The van der Waals surface area contributed by atoms with Crippen LogP contribution >= 0.6 is 11.6 Å². The van der Waals surface area contributed by atoms with Crippen LogP contribution in [0.4, 0.5) is 0 Å². The molecule has 1 aromatic carbocycles. The van der Waals surface area contributed by atoms with E-state index >= 15 is 0 Å². The van der Waals surface area contributed by atoms with Crippen LogP contribution < -0.4 is 10.0 Å². The molecule has 0 radical (unpaired) electrons. The Morgan fingerprint density at radius 1 is 1.47 bits per heavy atom. The van der Waals surface area contributed by atoms with E-state index in [1.54, 1.807) is 0 Å². The highest BCUT2D eigenvalue weighted by Gasteiger charge is 2.26. The van der Waals surface area contributed by atoms with Crippen LogP contribution in [0.5, 0.6) is 0 Å². The van der Waals surface area contributed by atoms with Crippen molar-refractivity contribution in [2.45, 2.75) is 10.9 Å². The third kappa shape index (κ3) is 2.58. The normalized spacial score (nSPS) is 16.2. The third-order valence-corrected chi connectivity index (χ3v) is 4.46. The van der Waals surface area contributed by atoms with Gasteiger partial charge in [0.25, 0.3) is 0 Å². The van der Waals surface area contributed by atoms with Crippen molar-refractivity contribution in [2.24, 2.45) is 0 Å². The summed E-state index contributed by atoms with van der Waals surface area (Å²) in [4.78, 5) is -0.0508. The lowest BCUT2D eigenvalue weighted by Crippen LogP contribution is -2.56. The number of rotatable bonds is 3. The summed E-state index contributed by atoms with van der Waals surface area (Å²) in [5.41, 5.74) is 0.265. The van der Waals surface area contributed by atoms with Crippen molar-refractivity contribution in [3.05, 3.63) is 28.8 Å². The number of halogens is 1. The molecule has 17 heavy (non-hydrogen) atoms. The van der Waals surface area contributed by atoms with Crippen molar-refractivity contribution in [3.8, 4) is 6.07 Å². The van der Waals surface area contributed by atoms with E-state index in [1.165, 1.54) is 18.2 Å². The molecule has 1 aliphatic heterocycles. The fourth-order valence-corrected chi connectivity index (χ4v) is 3.20. The second kappa shape index (κ2) is 4.63. The summed E-state index contributed by atoms with van der Waals surface area (Å²) in [5.74, 6) is 0. The van der Waals surface area contributed by atoms with E-state index in [0.717, 1.165) is 0 Å². The summed E-state index contributed by atoms with van der Waals surface area (Å²) in [6, 6.07) is 5.94. The van der Waals surface area contributed by atoms with Crippen molar-refractivity contribution < 1.29 is 8.42 Å². The van der Waals surface area contributed by atoms with E-state index in [0.29, 0.717) is 13.1 Å². The van der Waals surface area contributed by atoms with Crippen molar-refractivity contribution in [1.29, 1.82) is 5.26 Å². The van der Waals surface area contributed by atoms with E-state index in [9.17, 15) is 8.42 Å². The Hall–Kier alpha value is -1.13. The van der Waals surface area contributed by atoms with Crippen LogP contribution in [0.3, 0.4) is 0 Å². The minimum absolute atomic E-state index is 0.0508. The molecule has 1 aliphatic rings. The van der Waals surface area contributed by atoms with Gasteiger partial charge in [-0.2, -0.15) is 5.26 Å². The molecule has 0 amide bonds. The number of hydrogen-bond donors (Lipinski definition) is 2. The lowest BCUT2D eigenvalue weighted by atomic mass is 10.2. The summed E-state index contributed by atoms with van der Waals surface area (Å²) in [6.07, 6.45) is 0. The van der Waals surface area contributed by atoms with Crippen molar-refractivity contribution in [1.82, 2.24) is 10.0 Å². The second-order valence-electron chi connectivity index (χ2n) is 3.73. The van der Waals surface area contributed by atoms with E-state index < -0.39 is 10.0 Å². The highest BCUT2D eigenvalue weighted by Crippen LogP contribution is 2.22. The summed E-state index contributed by atoms with van der Waals surface area (Å²) >= 11 is 5.84. The second-order valence-corrected chi connectivity index (χ2v) is 5.82. The topological polar surface area (TPSA) is 82.0 Å². The first-order valence-electron chi connectivity index (χ1n) is 4.95. The molecule has 0 aliphatic carbocycles. The Bertz CT molecular complexity index is 576. The van der Waals surface area contributed by atoms with Gasteiger partial charge in [0.1, 0.15) is 4.90 Å². The smallest absolute Gasteiger partial charge is 0.242 e. The Morgan fingerprint density at radius 2 is 2.18 bits per heavy atom. The molecule has 0 spiro atoms. The van der Waals surface area contributed by atoms with Crippen molar-refractivity contribution >= 4 is 21.6 Å². The number of nitrogens with zero attached hydrogens (tertiary/aromatic N) is 1. The largest absolute Gasteiger partial charge is 0.313 e. The number of benzene rings is 1. The first kappa shape index (κ1) is 12.3. The van der Waals surface area contributed by atoms with Gasteiger partial charge in [-0.3, -0.25) is 0 Å². The van der Waals surface area contributed by atoms with E-state index in [-0.39, 0.29) is 21.5 Å². The molecule has 0 aromatic heterocycles. The zero-order valence-corrected chi connectivity index (χ0v) is 10.3. The monoisotopic (exact) mass is 271 g/mol. The Morgan fingerprint density at radius 3 is 2.71 bits per heavy atom. The predicted molar refractivity (Wildman–Crippen MR) is 63.1 cm³/mol. The minimum atomic E-state index is -3.66. The van der Waals surface area contributed by atoms with Crippen molar-refractivity contribution in [2.75, 3.05) is 13.1 Å². The first-order valence-corrected chi connectivity index (χ1v) is 6.82. The molecule has 2 N–H and O–H groups in total. The lowest BCUT2D eigenvalue weighted by molar-refractivity contribution is 0.410. The molecule has 1 heterocycles. The molecule has 1 saturated heterocycles. The number of hydrogen-bond acceptors (Lipinski definition) is 4. The van der Waals surface area contributed by atoms with Gasteiger partial charge in [-0.05, 0) is 18.2 Å². The van der Waals surface area contributed by atoms with Gasteiger partial charge in [0, 0.05) is 19.1 Å². The van der Waals surface area contributed by atoms with Gasteiger partial charge < -0.3 is 5.32 Å². The molecule has 5 nitrogen and oxygen atoms in total. The van der Waals surface area contributed by atoms with Crippen LogP contribution in [0, 0.1) is 11.3 Å². The van der Waals surface area contributed by atoms with Gasteiger partial charge in [0.2, 0.25) is 10.0 Å². The summed E-state index contributed by atoms with van der Waals surface area (Å²) in [5, 5.41) is 11.8. The van der Waals surface area contributed by atoms with Gasteiger partial charge in [0.15, 0.2) is 0 Å². The van der Waals surface area contributed by atoms with Crippen LogP contribution in [0.15, 0.2) is 23.1 Å². The fraction of sp³-hybridized carbons (Fsp3) is 0.300. The summed E-state index contributed by atoms with van der Waals surface area (Å²) in [7, 11) is -3.66. The quantitative estimate of drug-likeness (QED) is 0.837. The maximum atomic E-state index is 12.0. The standard InChI is InChI=1S/C10H10ClN3O2S/c11-9-2-1-7(4-12)3-10(9)17(15,16)14-8-5-13-6-8/h1-3,8,13-14H,5-6H2. The number of nitrogens with one attached hydrogen (secondary N) is 2. The average Bonchev–Trinajstić information content (AvgIpc) is 2.24. The maximum Gasteiger partial charge on any atom is 0.242 e. The molecule has 7 heteroatoms. The Kier molecular flexibility index (Phi) is 3.35. The molecule has 1 fully saturated rings. The van der Waals surface area contributed by atoms with Gasteiger partial charge in [0.05, 0.1) is 16.7 Å². The predicted octanol–water partition coefficient (Wildman–Crippen LogP) is 0.462. The molecule has 0 unspecified atom stereocenters. The molecule has 0 bridgehead atoms. The molecule has 90 valence electrons. The summed E-state index contributed by atoms with van der Waals surface area (Å²) in [6.45, 7) is 1.21. The third-order valence-electron chi connectivity index (χ3n) is 2.45. The van der Waals surface area contributed by atoms with Crippen LogP contribution in [-0.4, -0.2) is 27.5 Å².